The van der Waals surface area contributed by atoms with Gasteiger partial charge in [-0.2, -0.15) is 0 Å². The van der Waals surface area contributed by atoms with Crippen LogP contribution in [0.25, 0.3) is 17.2 Å². The van der Waals surface area contributed by atoms with Crippen LogP contribution in [0.15, 0.2) is 114 Å². The highest BCUT2D eigenvalue weighted by molar-refractivity contribution is 6.12. The number of nitrogens with one attached hydrogen (secondary N) is 3. The zero-order valence-electron chi connectivity index (χ0n) is 74.3. The number of carbonyl (C=O) groups is 8. The number of fused-ring (bicyclic) bond motifs is 4. The van der Waals surface area contributed by atoms with Gasteiger partial charge in [-0.1, -0.05) is 102 Å². The fraction of sp³-hybridized carbons (Fsp3) is 0.576. The van der Waals surface area contributed by atoms with Crippen molar-refractivity contribution in [3.63, 3.8) is 0 Å². The van der Waals surface area contributed by atoms with E-state index >= 15 is 0 Å². The van der Waals surface area contributed by atoms with Gasteiger partial charge in [0.1, 0.15) is 11.6 Å². The number of Topliss-reactive ketones (excluding diaryl/α,β-unsaturated/α-hetero) is 3. The maximum atomic E-state index is 14.3. The molecule has 0 spiro atoms. The topological polar surface area (TPSA) is 302 Å². The summed E-state index contributed by atoms with van der Waals surface area (Å²) < 4.78 is 68.7. The summed E-state index contributed by atoms with van der Waals surface area (Å²) in [5, 5.41) is 8.69. The van der Waals surface area contributed by atoms with Crippen LogP contribution in [0, 0.1) is 35.5 Å². The summed E-state index contributed by atoms with van der Waals surface area (Å²) in [6.07, 6.45) is 27.8. The fourth-order valence-electron chi connectivity index (χ4n) is 17.1. The summed E-state index contributed by atoms with van der Waals surface area (Å²) in [4.78, 5) is 116. The minimum atomic E-state index is -0.712. The number of ether oxygens (including phenoxy) is 12. The smallest absolute Gasteiger partial charge is 0.259 e. The van der Waals surface area contributed by atoms with Crippen molar-refractivity contribution in [1.82, 2.24) is 20.4 Å². The highest BCUT2D eigenvalue weighted by Gasteiger charge is 2.44. The lowest BCUT2D eigenvalue weighted by Crippen LogP contribution is -2.44. The normalized spacial score (nSPS) is 19.5. The number of allylic oxidation sites excluding steroid dienone is 4. The van der Waals surface area contributed by atoms with Crippen molar-refractivity contribution in [3.05, 3.63) is 142 Å². The number of rotatable bonds is 52. The molecule has 3 fully saturated rings. The third kappa shape index (κ3) is 29.9. The van der Waals surface area contributed by atoms with Crippen molar-refractivity contribution in [1.29, 1.82) is 0 Å². The van der Waals surface area contributed by atoms with Crippen molar-refractivity contribution < 1.29 is 95.2 Å². The maximum absolute atomic E-state index is 14.3. The maximum Gasteiger partial charge on any atom is 0.259 e. The number of aliphatic imine (C=N–C) groups is 1. The van der Waals surface area contributed by atoms with E-state index in [9.17, 15) is 38.4 Å². The number of piperidine rings is 1. The standard InChI is InChI=1S/C99H132N6O20/c1-68(2)96(103-95(110)35-41-116-43-45-118-47-49-120-51-53-122-55-56-123-54-52-121-50-48-119-46-44-117-42-36-100-94(109)32-30-82-89(108)62-83(97(82)111)74-17-12-9-7-8-10-13-18-74)87(106)31-21-69(3)98(112)102-80-28-26-71(27-29-80)76-57-77-60-88(107)85-64-91(115-6)93(65-86(85)101-66-78(77)58-76)125-40-15-11-14-39-124-92-61-75-19-16-20-81-59-79(67-105(81)99(113)84(75)63-90(92)114-5)72-24-22-70(23-25-72)73-33-37-104(4)38-34-73/h19-20,22-29,57,60-61,63-69,73-74,78,81-83,96H,7-15,17-18,21,30-56,58-59,62H2,1-6H3,(H,100,109)(H,102,112)(H,103,110)/b77-60-,101-66?/t16?,69-,78+,81-,82?,83?,96+/m1/s1. The Morgan fingerprint density at radius 2 is 1.14 bits per heavy atom. The van der Waals surface area contributed by atoms with E-state index in [1.54, 1.807) is 45.4 Å². The minimum absolute atomic E-state index is 0.00846. The molecule has 125 heavy (non-hydrogen) atoms. The number of nitrogens with zero attached hydrogens (tertiary/aromatic N) is 3. The number of ketones is 4. The van der Waals surface area contributed by atoms with Gasteiger partial charge in [-0.15, -0.1) is 5.73 Å². The predicted octanol–water partition coefficient (Wildman–Crippen LogP) is 14.5. The van der Waals surface area contributed by atoms with Gasteiger partial charge in [0.25, 0.3) is 5.91 Å². The molecule has 0 radical (unpaired) electrons. The molecule has 0 bridgehead atoms. The van der Waals surface area contributed by atoms with Crippen LogP contribution in [0.4, 0.5) is 11.4 Å². The first-order valence-electron chi connectivity index (χ1n) is 45.5. The predicted molar refractivity (Wildman–Crippen MR) is 479 cm³/mol. The Morgan fingerprint density at radius 3 is 1.74 bits per heavy atom. The van der Waals surface area contributed by atoms with E-state index < -0.39 is 17.9 Å². The second-order valence-electron chi connectivity index (χ2n) is 33.9. The van der Waals surface area contributed by atoms with Gasteiger partial charge in [0.15, 0.2) is 34.6 Å². The molecule has 0 aromatic heterocycles. The molecular weight excluding hydrogens is 1590 g/mol. The van der Waals surface area contributed by atoms with Gasteiger partial charge in [0, 0.05) is 74.2 Å². The van der Waals surface area contributed by atoms with Crippen LogP contribution in [-0.2, 0) is 66.7 Å². The molecule has 4 heterocycles. The lowest BCUT2D eigenvalue weighted by Gasteiger charge is -2.29. The van der Waals surface area contributed by atoms with Crippen LogP contribution in [0.3, 0.4) is 0 Å². The van der Waals surface area contributed by atoms with Crippen LogP contribution >= 0.6 is 0 Å². The Morgan fingerprint density at radius 1 is 0.568 bits per heavy atom. The molecule has 4 aromatic carbocycles. The largest absolute Gasteiger partial charge is 0.493 e. The van der Waals surface area contributed by atoms with Gasteiger partial charge in [0.05, 0.1) is 168 Å². The van der Waals surface area contributed by atoms with Crippen molar-refractivity contribution in [2.45, 2.75) is 174 Å². The molecule has 1 saturated heterocycles. The van der Waals surface area contributed by atoms with Crippen molar-refractivity contribution >= 4 is 81.6 Å². The third-order valence-corrected chi connectivity index (χ3v) is 24.6. The van der Waals surface area contributed by atoms with Crippen molar-refractivity contribution in [3.8, 4) is 23.0 Å². The van der Waals surface area contributed by atoms with Crippen LogP contribution in [0.5, 0.6) is 23.0 Å². The zero-order chi connectivity index (χ0) is 88.1. The molecule has 7 aliphatic rings. The summed E-state index contributed by atoms with van der Waals surface area (Å²) in [7, 11) is 5.31. The van der Waals surface area contributed by atoms with E-state index in [4.69, 9.17) is 61.8 Å². The molecule has 4 amide bonds. The molecule has 26 nitrogen and oxygen atoms in total. The first-order chi connectivity index (χ1) is 60.9. The second kappa shape index (κ2) is 51.5. The number of unbranched alkanes of at least 4 members (excludes halogenated alkanes) is 2. The summed E-state index contributed by atoms with van der Waals surface area (Å²) >= 11 is 0. The molecule has 26 heteroatoms. The average molecular weight is 1730 g/mol. The number of methoxy groups -OCH3 is 2. The van der Waals surface area contributed by atoms with Crippen LogP contribution in [-0.4, -0.2) is 235 Å². The summed E-state index contributed by atoms with van der Waals surface area (Å²) in [6, 6.07) is 22.7. The number of benzene rings is 4. The van der Waals surface area contributed by atoms with Crippen LogP contribution < -0.4 is 34.9 Å². The summed E-state index contributed by atoms with van der Waals surface area (Å²) in [6.45, 7) is 14.8. The van der Waals surface area contributed by atoms with E-state index in [-0.39, 0.29) is 109 Å². The van der Waals surface area contributed by atoms with E-state index in [2.05, 4.69) is 57.9 Å². The van der Waals surface area contributed by atoms with Gasteiger partial charge in [-0.25, -0.2) is 0 Å². The first-order valence-corrected chi connectivity index (χ1v) is 45.5. The molecule has 2 unspecified atom stereocenters. The van der Waals surface area contributed by atoms with E-state index in [1.165, 1.54) is 44.1 Å². The van der Waals surface area contributed by atoms with E-state index in [0.29, 0.717) is 201 Å². The molecule has 4 aliphatic heterocycles. The number of carbonyl (C=O) groups excluding carboxylic acids is 8. The SMILES string of the molecule is COc1cc2c(cc1OCCCCCOc1cc3c(cc1OC)C(=O)/C=C1/C=C(c4ccc(NC(=O)[C@H](C)CCC(=O)[C@@H](NC(=O)CCOCCOCCOCCOCCOCCOCCOCCOCCNC(=O)CCC5C(=O)CC(C6CCCCCCCC6)C5=O)C(C)C)cc4)C[C@H]1C=N3)C=C=C[C@@H]1CC(c3ccc(C4CCN(C)CC4)cc3)=CN1C2=O. The van der Waals surface area contributed by atoms with Gasteiger partial charge >= 0.3 is 0 Å². The lowest BCUT2D eigenvalue weighted by molar-refractivity contribution is -0.130. The quantitative estimate of drug-likeness (QED) is 0.0210. The number of hydrogen-bond acceptors (Lipinski definition) is 22. The van der Waals surface area contributed by atoms with Crippen LogP contribution in [0.2, 0.25) is 0 Å². The number of likely N-dealkylation sites (tertiary alicyclic amines) is 1. The van der Waals surface area contributed by atoms with Crippen molar-refractivity contribution in [2.24, 2.45) is 40.5 Å². The fourth-order valence-corrected chi connectivity index (χ4v) is 17.1. The molecule has 11 rings (SSSR count). The summed E-state index contributed by atoms with van der Waals surface area (Å²) in [5.41, 5.74) is 12.5. The highest BCUT2D eigenvalue weighted by Crippen LogP contribution is 2.44. The minimum Gasteiger partial charge on any atom is -0.493 e. The molecule has 3 aliphatic carbocycles. The molecular formula is C99H132N6O20. The Kier molecular flexibility index (Phi) is 39.7. The molecule has 678 valence electrons. The van der Waals surface area contributed by atoms with E-state index in [1.807, 2.05) is 79.7 Å². The Balaban J connectivity index is 0.479. The highest BCUT2D eigenvalue weighted by atomic mass is 16.6. The van der Waals surface area contributed by atoms with Crippen LogP contribution in [0.1, 0.15) is 204 Å². The average Bonchev–Trinajstić information content (AvgIpc) is 1.63. The number of amides is 4. The molecule has 4 aromatic rings. The zero-order valence-corrected chi connectivity index (χ0v) is 74.3. The second-order valence-corrected chi connectivity index (χ2v) is 33.9. The third-order valence-electron chi connectivity index (χ3n) is 24.6. The lowest BCUT2D eigenvalue weighted by atomic mass is 9.82. The Hall–Kier alpha value is -9.31. The van der Waals surface area contributed by atoms with Crippen molar-refractivity contribution in [2.75, 3.05) is 165 Å². The Labute approximate surface area is 737 Å². The van der Waals surface area contributed by atoms with Gasteiger partial charge in [-0.3, -0.25) is 43.3 Å². The molecule has 3 N–H and O–H groups in total. The number of anilines is 1. The van der Waals surface area contributed by atoms with Gasteiger partial charge in [0.2, 0.25) is 17.7 Å². The first kappa shape index (κ1) is 96.3. The number of hydrogen-bond donors (Lipinski definition) is 3. The molecule has 2 saturated carbocycles. The van der Waals surface area contributed by atoms with Gasteiger partial charge < -0.3 is 82.6 Å². The monoisotopic (exact) mass is 1720 g/mol. The Bertz CT molecular complexity index is 4400. The van der Waals surface area contributed by atoms with Gasteiger partial charge in [-0.05, 0) is 196 Å². The molecule has 6 atom stereocenters. The van der Waals surface area contributed by atoms with E-state index in [0.717, 1.165) is 85.9 Å². The summed E-state index contributed by atoms with van der Waals surface area (Å²) in [5.74, 6) is 0.150.